The number of aryl methyl sites for hydroxylation is 2. The minimum Gasteiger partial charge on any atom is -0.459 e. The molecular formula is C18H22ClN3O3S. The highest BCUT2D eigenvalue weighted by atomic mass is 35.5. The van der Waals surface area contributed by atoms with Crippen LogP contribution in [0, 0.1) is 20.8 Å². The molecule has 2 heterocycles. The lowest BCUT2D eigenvalue weighted by Crippen LogP contribution is -2.44. The number of rotatable bonds is 4. The van der Waals surface area contributed by atoms with E-state index in [9.17, 15) is 8.42 Å². The van der Waals surface area contributed by atoms with Crippen molar-refractivity contribution in [2.75, 3.05) is 13.1 Å². The van der Waals surface area contributed by atoms with Gasteiger partial charge >= 0.3 is 6.01 Å². The lowest BCUT2D eigenvalue weighted by molar-refractivity contribution is 0.118. The van der Waals surface area contributed by atoms with E-state index in [4.69, 9.17) is 16.3 Å². The van der Waals surface area contributed by atoms with Crippen molar-refractivity contribution in [2.24, 2.45) is 0 Å². The molecule has 1 saturated heterocycles. The Morgan fingerprint density at radius 2 is 1.88 bits per heavy atom. The molecule has 1 fully saturated rings. The Balaban J connectivity index is 1.80. The molecule has 1 aromatic heterocycles. The van der Waals surface area contributed by atoms with Gasteiger partial charge in [-0.1, -0.05) is 17.7 Å². The van der Waals surface area contributed by atoms with Crippen LogP contribution in [0.25, 0.3) is 0 Å². The zero-order valence-corrected chi connectivity index (χ0v) is 16.6. The van der Waals surface area contributed by atoms with Crippen molar-refractivity contribution in [3.8, 4) is 6.01 Å². The Morgan fingerprint density at radius 3 is 2.58 bits per heavy atom. The van der Waals surface area contributed by atoms with Crippen LogP contribution in [0.3, 0.4) is 0 Å². The summed E-state index contributed by atoms with van der Waals surface area (Å²) >= 11 is 6.10. The van der Waals surface area contributed by atoms with E-state index in [1.165, 1.54) is 4.31 Å². The average molecular weight is 396 g/mol. The van der Waals surface area contributed by atoms with Crippen LogP contribution in [0.4, 0.5) is 0 Å². The van der Waals surface area contributed by atoms with Crippen molar-refractivity contribution in [1.29, 1.82) is 0 Å². The zero-order valence-electron chi connectivity index (χ0n) is 15.1. The number of benzene rings is 1. The minimum atomic E-state index is -3.63. The Hall–Kier alpha value is -1.70. The first kappa shape index (κ1) is 19.1. The number of piperidine rings is 1. The van der Waals surface area contributed by atoms with Gasteiger partial charge in [-0.3, -0.25) is 0 Å². The predicted octanol–water partition coefficient (Wildman–Crippen LogP) is 3.29. The number of ether oxygens (including phenoxy) is 1. The first-order valence-electron chi connectivity index (χ1n) is 8.51. The van der Waals surface area contributed by atoms with E-state index in [0.29, 0.717) is 29.6 Å². The molecule has 0 unspecified atom stereocenters. The third kappa shape index (κ3) is 4.00. The molecule has 3 rings (SSSR count). The Kier molecular flexibility index (Phi) is 5.50. The fourth-order valence-electron chi connectivity index (χ4n) is 3.12. The number of nitrogens with zero attached hydrogens (tertiary/aromatic N) is 3. The summed E-state index contributed by atoms with van der Waals surface area (Å²) in [6, 6.07) is 7.10. The van der Waals surface area contributed by atoms with Gasteiger partial charge < -0.3 is 4.74 Å². The molecule has 6 nitrogen and oxygen atoms in total. The maximum atomic E-state index is 13.0. The number of sulfonamides is 1. The van der Waals surface area contributed by atoms with E-state index >= 15 is 0 Å². The standard InChI is InChI=1S/C18H22ClN3O3S/c1-12-10-13(2)21-18(20-12)25-15-6-5-9-22(11-15)26(23,24)17-8-4-7-16(19)14(17)3/h4,7-8,10,15H,5-6,9,11H2,1-3H3/t15-/m1/s1. The van der Waals surface area contributed by atoms with E-state index in [0.717, 1.165) is 17.8 Å². The Morgan fingerprint density at radius 1 is 1.19 bits per heavy atom. The molecule has 1 aromatic carbocycles. The van der Waals surface area contributed by atoms with Crippen LogP contribution in [-0.4, -0.2) is 41.9 Å². The van der Waals surface area contributed by atoms with Crippen LogP contribution in [0.2, 0.25) is 5.02 Å². The van der Waals surface area contributed by atoms with Crippen molar-refractivity contribution in [1.82, 2.24) is 14.3 Å². The van der Waals surface area contributed by atoms with Crippen LogP contribution in [0.1, 0.15) is 29.8 Å². The molecule has 0 spiro atoms. The van der Waals surface area contributed by atoms with Gasteiger partial charge in [0.15, 0.2) is 0 Å². The zero-order chi connectivity index (χ0) is 18.9. The Labute approximate surface area is 159 Å². The van der Waals surface area contributed by atoms with E-state index in [1.807, 2.05) is 19.9 Å². The van der Waals surface area contributed by atoms with Crippen LogP contribution in [0.15, 0.2) is 29.2 Å². The maximum Gasteiger partial charge on any atom is 0.317 e. The molecule has 26 heavy (non-hydrogen) atoms. The van der Waals surface area contributed by atoms with Crippen LogP contribution < -0.4 is 4.74 Å². The van der Waals surface area contributed by atoms with Crippen molar-refractivity contribution < 1.29 is 13.2 Å². The maximum absolute atomic E-state index is 13.0. The lowest BCUT2D eigenvalue weighted by atomic mass is 10.1. The van der Waals surface area contributed by atoms with Gasteiger partial charge in [0, 0.05) is 23.0 Å². The van der Waals surface area contributed by atoms with Gasteiger partial charge in [0.2, 0.25) is 10.0 Å². The molecule has 0 bridgehead atoms. The van der Waals surface area contributed by atoms with Gasteiger partial charge in [-0.25, -0.2) is 18.4 Å². The number of halogens is 1. The summed E-state index contributed by atoms with van der Waals surface area (Å²) in [5, 5.41) is 0.444. The van der Waals surface area contributed by atoms with Crippen LogP contribution in [-0.2, 0) is 10.0 Å². The fraction of sp³-hybridized carbons (Fsp3) is 0.444. The van der Waals surface area contributed by atoms with Gasteiger partial charge in [0.25, 0.3) is 0 Å². The van der Waals surface area contributed by atoms with Gasteiger partial charge in [-0.15, -0.1) is 0 Å². The first-order valence-corrected chi connectivity index (χ1v) is 10.3. The lowest BCUT2D eigenvalue weighted by Gasteiger charge is -2.32. The number of aromatic nitrogens is 2. The third-order valence-corrected chi connectivity index (χ3v) is 6.83. The van der Waals surface area contributed by atoms with E-state index in [-0.39, 0.29) is 17.5 Å². The quantitative estimate of drug-likeness (QED) is 0.794. The van der Waals surface area contributed by atoms with Crippen molar-refractivity contribution in [3.05, 3.63) is 46.2 Å². The van der Waals surface area contributed by atoms with E-state index < -0.39 is 10.0 Å². The largest absolute Gasteiger partial charge is 0.459 e. The highest BCUT2D eigenvalue weighted by molar-refractivity contribution is 7.89. The highest BCUT2D eigenvalue weighted by Crippen LogP contribution is 2.28. The molecule has 140 valence electrons. The SMILES string of the molecule is Cc1cc(C)nc(O[C@@H]2CCCN(S(=O)(=O)c3cccc(Cl)c3C)C2)n1. The summed E-state index contributed by atoms with van der Waals surface area (Å²) < 4.78 is 33.4. The smallest absolute Gasteiger partial charge is 0.317 e. The molecular weight excluding hydrogens is 374 g/mol. The van der Waals surface area contributed by atoms with Crippen molar-refractivity contribution >= 4 is 21.6 Å². The average Bonchev–Trinajstić information content (AvgIpc) is 2.56. The number of hydrogen-bond donors (Lipinski definition) is 0. The molecule has 8 heteroatoms. The second-order valence-corrected chi connectivity index (χ2v) is 8.85. The molecule has 1 atom stereocenters. The second-order valence-electron chi connectivity index (χ2n) is 6.54. The number of hydrogen-bond acceptors (Lipinski definition) is 5. The van der Waals surface area contributed by atoms with Crippen LogP contribution >= 0.6 is 11.6 Å². The van der Waals surface area contributed by atoms with Crippen molar-refractivity contribution in [2.45, 2.75) is 44.6 Å². The minimum absolute atomic E-state index is 0.244. The van der Waals surface area contributed by atoms with Crippen molar-refractivity contribution in [3.63, 3.8) is 0 Å². The molecule has 0 amide bonds. The van der Waals surface area contributed by atoms with Gasteiger partial charge in [-0.05, 0) is 57.4 Å². The molecule has 0 saturated carbocycles. The fourth-order valence-corrected chi connectivity index (χ4v) is 5.11. The monoisotopic (exact) mass is 395 g/mol. The normalized spacial score (nSPS) is 18.7. The highest BCUT2D eigenvalue weighted by Gasteiger charge is 2.32. The molecule has 1 aliphatic rings. The van der Waals surface area contributed by atoms with E-state index in [1.54, 1.807) is 25.1 Å². The summed E-state index contributed by atoms with van der Waals surface area (Å²) in [6.07, 6.45) is 1.20. The summed E-state index contributed by atoms with van der Waals surface area (Å²) in [5.41, 5.74) is 2.21. The molecule has 0 radical (unpaired) electrons. The Bertz CT molecular complexity index is 898. The molecule has 1 aliphatic heterocycles. The summed E-state index contributed by atoms with van der Waals surface area (Å²) in [5.74, 6) is 0. The summed E-state index contributed by atoms with van der Waals surface area (Å²) in [6.45, 7) is 6.20. The van der Waals surface area contributed by atoms with Gasteiger partial charge in [-0.2, -0.15) is 4.31 Å². The third-order valence-electron chi connectivity index (χ3n) is 4.41. The van der Waals surface area contributed by atoms with Gasteiger partial charge in [0.05, 0.1) is 11.4 Å². The summed E-state index contributed by atoms with van der Waals surface area (Å²) in [4.78, 5) is 8.80. The second kappa shape index (κ2) is 7.50. The van der Waals surface area contributed by atoms with E-state index in [2.05, 4.69) is 9.97 Å². The summed E-state index contributed by atoms with van der Waals surface area (Å²) in [7, 11) is -3.63. The molecule has 0 aliphatic carbocycles. The molecule has 2 aromatic rings. The topological polar surface area (TPSA) is 72.4 Å². The first-order chi connectivity index (χ1) is 12.3. The van der Waals surface area contributed by atoms with Crippen LogP contribution in [0.5, 0.6) is 6.01 Å². The van der Waals surface area contributed by atoms with Gasteiger partial charge in [0.1, 0.15) is 6.10 Å². The predicted molar refractivity (Wildman–Crippen MR) is 100 cm³/mol. The molecule has 0 N–H and O–H groups in total.